The van der Waals surface area contributed by atoms with E-state index in [2.05, 4.69) is 15.3 Å². The Bertz CT molecular complexity index is 479. The Kier molecular flexibility index (Phi) is 3.64. The fourth-order valence-electron chi connectivity index (χ4n) is 2.44. The molecule has 1 aromatic heterocycles. The first-order chi connectivity index (χ1) is 9.10. The standard InChI is InChI=1S/C12H16N4O3/c1-2-12(9(17)18)5-3-8-16(12)11(19)15-10-13-6-4-7-14-10/h4,6-7H,2-3,5,8H2,1H3,(H,17,18)(H,13,14,15,19). The average Bonchev–Trinajstić information content (AvgIpc) is 2.85. The van der Waals surface area contributed by atoms with Gasteiger partial charge in [0.15, 0.2) is 0 Å². The molecule has 0 radical (unpaired) electrons. The number of anilines is 1. The molecule has 1 aliphatic rings. The van der Waals surface area contributed by atoms with E-state index in [0.29, 0.717) is 25.8 Å². The van der Waals surface area contributed by atoms with E-state index in [1.165, 1.54) is 17.3 Å². The largest absolute Gasteiger partial charge is 0.479 e. The third-order valence-corrected chi connectivity index (χ3v) is 3.50. The zero-order chi connectivity index (χ0) is 13.9. The maximum atomic E-state index is 12.2. The van der Waals surface area contributed by atoms with Crippen LogP contribution in [0.2, 0.25) is 0 Å². The molecule has 7 nitrogen and oxygen atoms in total. The summed E-state index contributed by atoms with van der Waals surface area (Å²) >= 11 is 0. The zero-order valence-electron chi connectivity index (χ0n) is 10.7. The normalized spacial score (nSPS) is 22.3. The van der Waals surface area contributed by atoms with Crippen LogP contribution < -0.4 is 5.32 Å². The van der Waals surface area contributed by atoms with Gasteiger partial charge in [0.05, 0.1) is 0 Å². The number of hydrogen-bond acceptors (Lipinski definition) is 4. The molecule has 1 fully saturated rings. The van der Waals surface area contributed by atoms with E-state index in [0.717, 1.165) is 0 Å². The van der Waals surface area contributed by atoms with Crippen molar-refractivity contribution in [3.05, 3.63) is 18.5 Å². The number of carbonyl (C=O) groups excluding carboxylic acids is 1. The van der Waals surface area contributed by atoms with E-state index in [9.17, 15) is 14.7 Å². The fourth-order valence-corrected chi connectivity index (χ4v) is 2.44. The molecule has 2 amide bonds. The van der Waals surface area contributed by atoms with Gasteiger partial charge in [-0.25, -0.2) is 19.6 Å². The van der Waals surface area contributed by atoms with Crippen LogP contribution in [0.5, 0.6) is 0 Å². The minimum atomic E-state index is -1.11. The molecule has 0 bridgehead atoms. The van der Waals surface area contributed by atoms with E-state index >= 15 is 0 Å². The van der Waals surface area contributed by atoms with Crippen LogP contribution in [0.15, 0.2) is 18.5 Å². The molecular weight excluding hydrogens is 248 g/mol. The van der Waals surface area contributed by atoms with Gasteiger partial charge < -0.3 is 10.0 Å². The first-order valence-electron chi connectivity index (χ1n) is 6.19. The van der Waals surface area contributed by atoms with Crippen LogP contribution in [0.4, 0.5) is 10.7 Å². The number of nitrogens with zero attached hydrogens (tertiary/aromatic N) is 3. The summed E-state index contributed by atoms with van der Waals surface area (Å²) in [6.45, 7) is 2.21. The van der Waals surface area contributed by atoms with Crippen LogP contribution in [-0.4, -0.2) is 44.1 Å². The van der Waals surface area contributed by atoms with Crippen molar-refractivity contribution in [2.75, 3.05) is 11.9 Å². The number of carboxylic acids is 1. The smallest absolute Gasteiger partial charge is 0.329 e. The highest BCUT2D eigenvalue weighted by Gasteiger charge is 2.48. The third kappa shape index (κ3) is 2.35. The van der Waals surface area contributed by atoms with Gasteiger partial charge in [-0.1, -0.05) is 6.92 Å². The van der Waals surface area contributed by atoms with Crippen molar-refractivity contribution in [2.45, 2.75) is 31.7 Å². The minimum Gasteiger partial charge on any atom is -0.479 e. The summed E-state index contributed by atoms with van der Waals surface area (Å²) in [5.74, 6) is -0.786. The highest BCUT2D eigenvalue weighted by molar-refractivity contribution is 5.93. The van der Waals surface area contributed by atoms with Gasteiger partial charge in [-0.2, -0.15) is 0 Å². The number of aromatic nitrogens is 2. The summed E-state index contributed by atoms with van der Waals surface area (Å²) in [5.41, 5.74) is -1.11. The molecule has 1 unspecified atom stereocenters. The topological polar surface area (TPSA) is 95.4 Å². The van der Waals surface area contributed by atoms with Crippen molar-refractivity contribution >= 4 is 17.9 Å². The van der Waals surface area contributed by atoms with Gasteiger partial charge in [-0.05, 0) is 25.3 Å². The lowest BCUT2D eigenvalue weighted by atomic mass is 9.93. The number of aliphatic carboxylic acids is 1. The summed E-state index contributed by atoms with van der Waals surface area (Å²) in [6.07, 6.45) is 4.56. The zero-order valence-corrected chi connectivity index (χ0v) is 10.7. The van der Waals surface area contributed by atoms with Crippen LogP contribution in [0.25, 0.3) is 0 Å². The van der Waals surface area contributed by atoms with Crippen LogP contribution in [0, 0.1) is 0 Å². The lowest BCUT2D eigenvalue weighted by Gasteiger charge is -2.33. The molecule has 1 saturated heterocycles. The quantitative estimate of drug-likeness (QED) is 0.858. The summed E-state index contributed by atoms with van der Waals surface area (Å²) in [4.78, 5) is 32.8. The maximum absolute atomic E-state index is 12.2. The average molecular weight is 264 g/mol. The van der Waals surface area contributed by atoms with E-state index in [1.54, 1.807) is 13.0 Å². The van der Waals surface area contributed by atoms with Gasteiger partial charge in [0, 0.05) is 18.9 Å². The first kappa shape index (κ1) is 13.3. The van der Waals surface area contributed by atoms with E-state index in [-0.39, 0.29) is 5.95 Å². The first-order valence-corrected chi connectivity index (χ1v) is 6.19. The van der Waals surface area contributed by atoms with Crippen LogP contribution in [0.1, 0.15) is 26.2 Å². The third-order valence-electron chi connectivity index (χ3n) is 3.50. The second kappa shape index (κ2) is 5.21. The summed E-state index contributed by atoms with van der Waals surface area (Å²) < 4.78 is 0. The second-order valence-electron chi connectivity index (χ2n) is 4.45. The highest BCUT2D eigenvalue weighted by Crippen LogP contribution is 2.33. The molecule has 2 N–H and O–H groups in total. The molecule has 1 atom stereocenters. The number of amides is 2. The van der Waals surface area contributed by atoms with Crippen LogP contribution in [0.3, 0.4) is 0 Å². The number of rotatable bonds is 3. The van der Waals surface area contributed by atoms with Crippen molar-refractivity contribution in [3.63, 3.8) is 0 Å². The molecule has 102 valence electrons. The van der Waals surface area contributed by atoms with Crippen molar-refractivity contribution in [1.29, 1.82) is 0 Å². The molecule has 19 heavy (non-hydrogen) atoms. The predicted molar refractivity (Wildman–Crippen MR) is 67.6 cm³/mol. The molecule has 0 spiro atoms. The lowest BCUT2D eigenvalue weighted by Crippen LogP contribution is -2.54. The SMILES string of the molecule is CCC1(C(=O)O)CCCN1C(=O)Nc1ncccn1. The molecular formula is C12H16N4O3. The van der Waals surface area contributed by atoms with E-state index in [1.807, 2.05) is 0 Å². The minimum absolute atomic E-state index is 0.176. The predicted octanol–water partition coefficient (Wildman–Crippen LogP) is 1.34. The molecule has 2 heterocycles. The monoisotopic (exact) mass is 264 g/mol. The van der Waals surface area contributed by atoms with Crippen LogP contribution >= 0.6 is 0 Å². The highest BCUT2D eigenvalue weighted by atomic mass is 16.4. The van der Waals surface area contributed by atoms with Gasteiger partial charge in [0.25, 0.3) is 0 Å². The second-order valence-corrected chi connectivity index (χ2v) is 4.45. The lowest BCUT2D eigenvalue weighted by molar-refractivity contribution is -0.148. The van der Waals surface area contributed by atoms with Gasteiger partial charge >= 0.3 is 12.0 Å². The molecule has 7 heteroatoms. The number of carboxylic acid groups (broad SMARTS) is 1. The van der Waals surface area contributed by atoms with Gasteiger partial charge in [-0.3, -0.25) is 5.32 Å². The number of carbonyl (C=O) groups is 2. The fraction of sp³-hybridized carbons (Fsp3) is 0.500. The van der Waals surface area contributed by atoms with Crippen molar-refractivity contribution in [2.24, 2.45) is 0 Å². The Balaban J connectivity index is 2.16. The maximum Gasteiger partial charge on any atom is 0.329 e. The Labute approximate surface area is 110 Å². The Morgan fingerprint density at radius 2 is 2.16 bits per heavy atom. The number of urea groups is 1. The van der Waals surface area contributed by atoms with Gasteiger partial charge in [0.1, 0.15) is 5.54 Å². The van der Waals surface area contributed by atoms with Crippen molar-refractivity contribution < 1.29 is 14.7 Å². The Morgan fingerprint density at radius 3 is 2.74 bits per heavy atom. The van der Waals surface area contributed by atoms with Crippen molar-refractivity contribution in [3.8, 4) is 0 Å². The Hall–Kier alpha value is -2.18. The van der Waals surface area contributed by atoms with Crippen molar-refractivity contribution in [1.82, 2.24) is 14.9 Å². The van der Waals surface area contributed by atoms with E-state index in [4.69, 9.17) is 0 Å². The summed E-state index contributed by atoms with van der Waals surface area (Å²) in [5, 5.41) is 11.9. The molecule has 0 aliphatic carbocycles. The van der Waals surface area contributed by atoms with Crippen LogP contribution in [-0.2, 0) is 4.79 Å². The number of hydrogen-bond donors (Lipinski definition) is 2. The Morgan fingerprint density at radius 1 is 1.47 bits per heavy atom. The molecule has 0 saturated carbocycles. The molecule has 1 aromatic rings. The van der Waals surface area contributed by atoms with E-state index < -0.39 is 17.5 Å². The number of likely N-dealkylation sites (tertiary alicyclic amines) is 1. The van der Waals surface area contributed by atoms with Gasteiger partial charge in [-0.15, -0.1) is 0 Å². The molecule has 2 rings (SSSR count). The summed E-state index contributed by atoms with van der Waals surface area (Å²) in [7, 11) is 0. The van der Waals surface area contributed by atoms with Gasteiger partial charge in [0.2, 0.25) is 5.95 Å². The molecule has 0 aromatic carbocycles. The summed E-state index contributed by atoms with van der Waals surface area (Å²) in [6, 6.07) is 1.17. The number of nitrogens with one attached hydrogen (secondary N) is 1. The molecule has 1 aliphatic heterocycles.